The molecule has 1 aromatic heterocycles. The number of imidazole rings is 1. The molecule has 1 unspecified atom stereocenters. The molecule has 0 saturated carbocycles. The number of nitrogens with zero attached hydrogens (tertiary/aromatic N) is 2. The number of ether oxygens (including phenoxy) is 1. The predicted octanol–water partition coefficient (Wildman–Crippen LogP) is 3.31. The number of nitrogens with one attached hydrogen (secondary N) is 1. The molecule has 0 fully saturated rings. The third kappa shape index (κ3) is 3.17. The minimum atomic E-state index is -0.0291. The second kappa shape index (κ2) is 7.20. The first-order chi connectivity index (χ1) is 12.8. The minimum Gasteiger partial charge on any atom is -0.494 e. The average Bonchev–Trinajstić information content (AvgIpc) is 3.05. The van der Waals surface area contributed by atoms with E-state index in [1.807, 2.05) is 49.4 Å². The lowest BCUT2D eigenvalue weighted by atomic mass is 9.96. The largest absolute Gasteiger partial charge is 0.494 e. The molecule has 1 aliphatic rings. The maximum atomic E-state index is 12.7. The van der Waals surface area contributed by atoms with Crippen molar-refractivity contribution in [2.24, 2.45) is 5.92 Å². The number of rotatable bonds is 5. The van der Waals surface area contributed by atoms with Gasteiger partial charge in [0, 0.05) is 31.0 Å². The van der Waals surface area contributed by atoms with E-state index in [9.17, 15) is 4.79 Å². The van der Waals surface area contributed by atoms with Gasteiger partial charge in [0.05, 0.1) is 17.6 Å². The van der Waals surface area contributed by atoms with Crippen molar-refractivity contribution in [3.63, 3.8) is 0 Å². The number of carbonyl (C=O) groups excluding carboxylic acids is 1. The average molecular weight is 349 g/mol. The molecule has 2 aromatic carbocycles. The van der Waals surface area contributed by atoms with Gasteiger partial charge in [-0.1, -0.05) is 30.3 Å². The van der Waals surface area contributed by atoms with Crippen molar-refractivity contribution in [1.29, 1.82) is 0 Å². The highest BCUT2D eigenvalue weighted by Gasteiger charge is 2.27. The number of aromatic nitrogens is 2. The van der Waals surface area contributed by atoms with Gasteiger partial charge in [-0.25, -0.2) is 4.98 Å². The Bertz CT molecular complexity index is 932. The molecule has 1 atom stereocenters. The molecule has 134 valence electrons. The molecule has 0 aliphatic carbocycles. The molecule has 1 aliphatic heterocycles. The lowest BCUT2D eigenvalue weighted by Crippen LogP contribution is -2.35. The van der Waals surface area contributed by atoms with E-state index < -0.39 is 0 Å². The maximum Gasteiger partial charge on any atom is 0.223 e. The highest BCUT2D eigenvalue weighted by atomic mass is 16.5. The Kier molecular flexibility index (Phi) is 4.61. The molecule has 2 heterocycles. The van der Waals surface area contributed by atoms with Gasteiger partial charge in [-0.3, -0.25) is 4.79 Å². The van der Waals surface area contributed by atoms with Crippen molar-refractivity contribution >= 4 is 16.9 Å². The van der Waals surface area contributed by atoms with Crippen LogP contribution in [0.1, 0.15) is 24.7 Å². The number of aryl methyl sites for hydroxylation is 1. The van der Waals surface area contributed by atoms with E-state index in [-0.39, 0.29) is 11.8 Å². The molecular weight excluding hydrogens is 326 g/mol. The van der Waals surface area contributed by atoms with Crippen molar-refractivity contribution in [3.05, 3.63) is 59.9 Å². The van der Waals surface area contributed by atoms with Gasteiger partial charge in [-0.2, -0.15) is 0 Å². The van der Waals surface area contributed by atoms with E-state index in [1.54, 1.807) is 0 Å². The van der Waals surface area contributed by atoms with Gasteiger partial charge in [-0.05, 0) is 31.5 Å². The van der Waals surface area contributed by atoms with Crippen molar-refractivity contribution in [3.8, 4) is 5.75 Å². The summed E-state index contributed by atoms with van der Waals surface area (Å²) in [6.07, 6.45) is 1.53. The monoisotopic (exact) mass is 349 g/mol. The first kappa shape index (κ1) is 16.6. The van der Waals surface area contributed by atoms with Crippen molar-refractivity contribution in [2.45, 2.75) is 32.9 Å². The molecule has 1 N–H and O–H groups in total. The standard InChI is InChI=1S/C21H23N3O2/c1-2-26-19-10-6-3-7-16(19)14-22-21(25)15-11-12-24-18-9-5-4-8-17(18)23-20(24)13-15/h3-10,15H,2,11-14H2,1H3,(H,22,25). The van der Waals surface area contributed by atoms with Gasteiger partial charge < -0.3 is 14.6 Å². The van der Waals surface area contributed by atoms with Crippen molar-refractivity contribution in [1.82, 2.24) is 14.9 Å². The Morgan fingerprint density at radius 1 is 1.23 bits per heavy atom. The Balaban J connectivity index is 1.43. The van der Waals surface area contributed by atoms with Crippen LogP contribution >= 0.6 is 0 Å². The van der Waals surface area contributed by atoms with Crippen LogP contribution in [0.4, 0.5) is 0 Å². The molecule has 26 heavy (non-hydrogen) atoms. The lowest BCUT2D eigenvalue weighted by Gasteiger charge is -2.23. The predicted molar refractivity (Wildman–Crippen MR) is 101 cm³/mol. The number of fused-ring (bicyclic) bond motifs is 3. The number of para-hydroxylation sites is 3. The minimum absolute atomic E-state index is 0.0291. The van der Waals surface area contributed by atoms with E-state index in [2.05, 4.69) is 16.0 Å². The summed E-state index contributed by atoms with van der Waals surface area (Å²) < 4.78 is 7.87. The number of hydrogen-bond acceptors (Lipinski definition) is 3. The molecule has 4 rings (SSSR count). The summed E-state index contributed by atoms with van der Waals surface area (Å²) in [6, 6.07) is 16.0. The molecular formula is C21H23N3O2. The molecule has 5 heteroatoms. The van der Waals surface area contributed by atoms with E-state index >= 15 is 0 Å². The van der Waals surface area contributed by atoms with Gasteiger partial charge >= 0.3 is 0 Å². The van der Waals surface area contributed by atoms with Crippen LogP contribution in [0.2, 0.25) is 0 Å². The normalized spacial score (nSPS) is 16.3. The summed E-state index contributed by atoms with van der Waals surface area (Å²) in [4.78, 5) is 17.4. The van der Waals surface area contributed by atoms with Gasteiger partial charge in [-0.15, -0.1) is 0 Å². The fourth-order valence-electron chi connectivity index (χ4n) is 3.63. The van der Waals surface area contributed by atoms with Crippen LogP contribution in [0.3, 0.4) is 0 Å². The zero-order chi connectivity index (χ0) is 17.9. The smallest absolute Gasteiger partial charge is 0.223 e. The van der Waals surface area contributed by atoms with E-state index in [0.717, 1.165) is 41.1 Å². The summed E-state index contributed by atoms with van der Waals surface area (Å²) >= 11 is 0. The van der Waals surface area contributed by atoms with Crippen molar-refractivity contribution < 1.29 is 9.53 Å². The van der Waals surface area contributed by atoms with Crippen LogP contribution in [-0.2, 0) is 24.3 Å². The summed E-state index contributed by atoms with van der Waals surface area (Å²) in [5, 5.41) is 3.08. The number of benzene rings is 2. The summed E-state index contributed by atoms with van der Waals surface area (Å²) in [6.45, 7) is 3.90. The molecule has 1 amide bonds. The second-order valence-corrected chi connectivity index (χ2v) is 6.62. The number of carbonyl (C=O) groups is 1. The quantitative estimate of drug-likeness (QED) is 0.769. The van der Waals surface area contributed by atoms with Crippen LogP contribution in [0.25, 0.3) is 11.0 Å². The Hall–Kier alpha value is -2.82. The molecule has 0 radical (unpaired) electrons. The van der Waals surface area contributed by atoms with Gasteiger partial charge in [0.2, 0.25) is 5.91 Å². The molecule has 5 nitrogen and oxygen atoms in total. The van der Waals surface area contributed by atoms with E-state index in [0.29, 0.717) is 19.6 Å². The fraction of sp³-hybridized carbons (Fsp3) is 0.333. The van der Waals surface area contributed by atoms with Crippen molar-refractivity contribution in [2.75, 3.05) is 6.61 Å². The highest BCUT2D eigenvalue weighted by Crippen LogP contribution is 2.26. The third-order valence-corrected chi connectivity index (χ3v) is 4.96. The Labute approximate surface area is 153 Å². The number of amides is 1. The first-order valence-corrected chi connectivity index (χ1v) is 9.19. The van der Waals surface area contributed by atoms with Crippen LogP contribution in [0.5, 0.6) is 5.75 Å². The van der Waals surface area contributed by atoms with E-state index in [1.165, 1.54) is 0 Å². The topological polar surface area (TPSA) is 56.1 Å². The van der Waals surface area contributed by atoms with Crippen LogP contribution in [0, 0.1) is 5.92 Å². The molecule has 0 saturated heterocycles. The maximum absolute atomic E-state index is 12.7. The second-order valence-electron chi connectivity index (χ2n) is 6.62. The first-order valence-electron chi connectivity index (χ1n) is 9.19. The third-order valence-electron chi connectivity index (χ3n) is 4.96. The van der Waals surface area contributed by atoms with Crippen LogP contribution < -0.4 is 10.1 Å². The molecule has 3 aromatic rings. The Morgan fingerprint density at radius 2 is 2.04 bits per heavy atom. The molecule has 0 spiro atoms. The summed E-state index contributed by atoms with van der Waals surface area (Å²) in [5.41, 5.74) is 3.17. The van der Waals surface area contributed by atoms with Gasteiger partial charge in [0.25, 0.3) is 0 Å². The van der Waals surface area contributed by atoms with Crippen LogP contribution in [0.15, 0.2) is 48.5 Å². The molecule has 0 bridgehead atoms. The Morgan fingerprint density at radius 3 is 2.92 bits per heavy atom. The highest BCUT2D eigenvalue weighted by molar-refractivity contribution is 5.80. The lowest BCUT2D eigenvalue weighted by molar-refractivity contribution is -0.125. The van der Waals surface area contributed by atoms with Gasteiger partial charge in [0.15, 0.2) is 0 Å². The summed E-state index contributed by atoms with van der Waals surface area (Å²) in [5.74, 6) is 1.90. The SMILES string of the molecule is CCOc1ccccc1CNC(=O)C1CCn2c(nc3ccccc32)C1. The fourth-order valence-corrected chi connectivity index (χ4v) is 3.63. The zero-order valence-electron chi connectivity index (χ0n) is 14.9. The zero-order valence-corrected chi connectivity index (χ0v) is 14.9. The number of hydrogen-bond donors (Lipinski definition) is 1. The summed E-state index contributed by atoms with van der Waals surface area (Å²) in [7, 11) is 0. The van der Waals surface area contributed by atoms with Crippen LogP contribution in [-0.4, -0.2) is 22.1 Å². The van der Waals surface area contributed by atoms with E-state index in [4.69, 9.17) is 9.72 Å². The van der Waals surface area contributed by atoms with Gasteiger partial charge in [0.1, 0.15) is 11.6 Å².